The second-order valence-electron chi connectivity index (χ2n) is 5.85. The van der Waals surface area contributed by atoms with E-state index >= 15 is 0 Å². The Morgan fingerprint density at radius 2 is 1.95 bits per heavy atom. The van der Waals surface area contributed by atoms with Crippen LogP contribution in [0.4, 0.5) is 0 Å². The molecule has 0 bridgehead atoms. The fraction of sp³-hybridized carbons (Fsp3) is 0.429. The molecule has 0 aliphatic carbocycles. The first-order valence-corrected chi connectivity index (χ1v) is 7.98. The summed E-state index contributed by atoms with van der Waals surface area (Å²) < 4.78 is 25.8. The van der Waals surface area contributed by atoms with E-state index in [9.17, 15) is 18.0 Å². The van der Waals surface area contributed by atoms with E-state index in [0.717, 1.165) is 10.4 Å². The number of rotatable bonds is 4. The second-order valence-corrected chi connectivity index (χ2v) is 7.68. The van der Waals surface area contributed by atoms with Crippen LogP contribution in [0, 0.1) is 5.41 Å². The van der Waals surface area contributed by atoms with Gasteiger partial charge in [0.2, 0.25) is 0 Å². The van der Waals surface area contributed by atoms with Crippen LogP contribution in [0.5, 0.6) is 0 Å². The molecular formula is C14H17NO5S. The lowest BCUT2D eigenvalue weighted by molar-refractivity contribution is 0.0695. The van der Waals surface area contributed by atoms with Crippen molar-refractivity contribution in [2.75, 3.05) is 6.54 Å². The maximum Gasteiger partial charge on any atom is 0.335 e. The Morgan fingerprint density at radius 3 is 2.48 bits per heavy atom. The summed E-state index contributed by atoms with van der Waals surface area (Å²) in [6.07, 6.45) is 0.711. The fourth-order valence-corrected chi connectivity index (χ4v) is 3.85. The number of carbonyl (C=O) groups is 2. The van der Waals surface area contributed by atoms with E-state index in [1.54, 1.807) is 0 Å². The molecule has 1 heterocycles. The van der Waals surface area contributed by atoms with Gasteiger partial charge in [-0.25, -0.2) is 17.5 Å². The Bertz CT molecular complexity index is 721. The predicted molar refractivity (Wildman–Crippen MR) is 75.7 cm³/mol. The van der Waals surface area contributed by atoms with Crippen LogP contribution in [0.3, 0.4) is 0 Å². The molecule has 0 saturated carbocycles. The molecule has 0 spiro atoms. The van der Waals surface area contributed by atoms with Gasteiger partial charge in [-0.2, -0.15) is 0 Å². The zero-order chi connectivity index (χ0) is 16.0. The van der Waals surface area contributed by atoms with Crippen molar-refractivity contribution in [1.29, 1.82) is 0 Å². The van der Waals surface area contributed by atoms with Crippen LogP contribution in [-0.2, 0) is 10.0 Å². The normalized spacial score (nSPS) is 16.9. The molecular weight excluding hydrogens is 294 g/mol. The van der Waals surface area contributed by atoms with Crippen molar-refractivity contribution < 1.29 is 23.1 Å². The highest BCUT2D eigenvalue weighted by molar-refractivity contribution is 7.90. The number of carbonyl (C=O) groups excluding carboxylic acids is 1. The number of aromatic carboxylic acids is 1. The molecule has 0 unspecified atom stereocenters. The molecule has 0 atom stereocenters. The number of sulfonamides is 1. The van der Waals surface area contributed by atoms with Gasteiger partial charge >= 0.3 is 5.97 Å². The highest BCUT2D eigenvalue weighted by Crippen LogP contribution is 2.34. The summed E-state index contributed by atoms with van der Waals surface area (Å²) in [7, 11) is -3.97. The lowest BCUT2D eigenvalue weighted by Gasteiger charge is -2.27. The first-order valence-electron chi connectivity index (χ1n) is 6.54. The van der Waals surface area contributed by atoms with Crippen molar-refractivity contribution in [2.24, 2.45) is 5.41 Å². The molecule has 0 saturated heterocycles. The molecule has 1 aromatic carbocycles. The Balaban J connectivity index is 2.52. The Hall–Kier alpha value is -1.89. The van der Waals surface area contributed by atoms with Crippen LogP contribution < -0.4 is 0 Å². The monoisotopic (exact) mass is 311 g/mol. The fourth-order valence-electron chi connectivity index (χ4n) is 2.07. The Kier molecular flexibility index (Phi) is 3.57. The lowest BCUT2D eigenvalue weighted by atomic mass is 9.90. The highest BCUT2D eigenvalue weighted by Gasteiger charge is 2.43. The summed E-state index contributed by atoms with van der Waals surface area (Å²) in [6.45, 7) is 5.74. The zero-order valence-electron chi connectivity index (χ0n) is 12.1. The molecule has 0 fully saturated rings. The molecule has 1 aliphatic heterocycles. The van der Waals surface area contributed by atoms with E-state index in [4.69, 9.17) is 5.11 Å². The largest absolute Gasteiger partial charge is 0.478 e. The number of fused-ring (bicyclic) bond motifs is 1. The van der Waals surface area contributed by atoms with Gasteiger partial charge in [-0.15, -0.1) is 0 Å². The third-order valence-electron chi connectivity index (χ3n) is 3.78. The van der Waals surface area contributed by atoms with E-state index in [2.05, 4.69) is 0 Å². The van der Waals surface area contributed by atoms with Gasteiger partial charge in [0, 0.05) is 6.54 Å². The summed E-state index contributed by atoms with van der Waals surface area (Å²) in [4.78, 5) is 23.0. The average molecular weight is 311 g/mol. The number of carboxylic acid groups (broad SMARTS) is 1. The Morgan fingerprint density at radius 1 is 1.33 bits per heavy atom. The van der Waals surface area contributed by atoms with Gasteiger partial charge in [-0.05, 0) is 30.0 Å². The van der Waals surface area contributed by atoms with E-state index < -0.39 is 21.9 Å². The third-order valence-corrected chi connectivity index (χ3v) is 5.55. The number of amides is 1. The van der Waals surface area contributed by atoms with Crippen molar-refractivity contribution in [2.45, 2.75) is 32.1 Å². The second kappa shape index (κ2) is 4.84. The summed E-state index contributed by atoms with van der Waals surface area (Å²) >= 11 is 0. The van der Waals surface area contributed by atoms with Crippen LogP contribution in [0.1, 0.15) is 47.9 Å². The van der Waals surface area contributed by atoms with E-state index in [-0.39, 0.29) is 28.0 Å². The Labute approximate surface area is 123 Å². The molecule has 6 nitrogen and oxygen atoms in total. The first kappa shape index (κ1) is 15.5. The lowest BCUT2D eigenvalue weighted by Crippen LogP contribution is -2.38. The molecule has 7 heteroatoms. The van der Waals surface area contributed by atoms with Crippen LogP contribution >= 0.6 is 0 Å². The maximum absolute atomic E-state index is 12.5. The molecule has 2 rings (SSSR count). The predicted octanol–water partition coefficient (Wildman–Crippen LogP) is 1.97. The minimum absolute atomic E-state index is 0.0342. The van der Waals surface area contributed by atoms with Crippen LogP contribution in [0.2, 0.25) is 0 Å². The van der Waals surface area contributed by atoms with Gasteiger partial charge < -0.3 is 5.11 Å². The zero-order valence-corrected chi connectivity index (χ0v) is 12.9. The van der Waals surface area contributed by atoms with Crippen molar-refractivity contribution in [3.05, 3.63) is 29.3 Å². The SMILES string of the molecule is CCC(C)(C)CN1C(=O)c2ccc(C(=O)O)cc2S1(=O)=O. The number of hydrogen-bond acceptors (Lipinski definition) is 4. The maximum atomic E-state index is 12.5. The molecule has 21 heavy (non-hydrogen) atoms. The number of benzene rings is 1. The van der Waals surface area contributed by atoms with Gasteiger partial charge in [0.05, 0.1) is 11.1 Å². The molecule has 1 amide bonds. The van der Waals surface area contributed by atoms with Crippen molar-refractivity contribution in [1.82, 2.24) is 4.31 Å². The number of nitrogens with zero attached hydrogens (tertiary/aromatic N) is 1. The van der Waals surface area contributed by atoms with Gasteiger partial charge in [0.15, 0.2) is 0 Å². The minimum atomic E-state index is -3.97. The van der Waals surface area contributed by atoms with Gasteiger partial charge in [-0.3, -0.25) is 4.79 Å². The van der Waals surface area contributed by atoms with Crippen molar-refractivity contribution in [3.63, 3.8) is 0 Å². The minimum Gasteiger partial charge on any atom is -0.478 e. The summed E-state index contributed by atoms with van der Waals surface area (Å²) in [5, 5.41) is 8.95. The topological polar surface area (TPSA) is 91.8 Å². The molecule has 0 radical (unpaired) electrons. The standard InChI is InChI=1S/C14H17NO5S/c1-4-14(2,3)8-15-12(16)10-6-5-9(13(17)18)7-11(10)21(15,19)20/h5-7H,4,8H2,1-3H3,(H,17,18). The van der Waals surface area contributed by atoms with E-state index in [1.807, 2.05) is 20.8 Å². The number of carboxylic acids is 1. The van der Waals surface area contributed by atoms with E-state index in [0.29, 0.717) is 6.42 Å². The van der Waals surface area contributed by atoms with Gasteiger partial charge in [0.1, 0.15) is 4.90 Å². The van der Waals surface area contributed by atoms with E-state index in [1.165, 1.54) is 12.1 Å². The van der Waals surface area contributed by atoms with Crippen molar-refractivity contribution >= 4 is 21.9 Å². The quantitative estimate of drug-likeness (QED) is 0.917. The molecule has 1 aromatic rings. The first-order chi connectivity index (χ1) is 9.60. The summed E-state index contributed by atoms with van der Waals surface area (Å²) in [5.41, 5.74) is -0.464. The number of hydrogen-bond donors (Lipinski definition) is 1. The van der Waals surface area contributed by atoms with Crippen LogP contribution in [0.25, 0.3) is 0 Å². The molecule has 1 N–H and O–H groups in total. The van der Waals surface area contributed by atoms with Crippen LogP contribution in [0.15, 0.2) is 23.1 Å². The van der Waals surface area contributed by atoms with Crippen molar-refractivity contribution in [3.8, 4) is 0 Å². The highest BCUT2D eigenvalue weighted by atomic mass is 32.2. The van der Waals surface area contributed by atoms with Gasteiger partial charge in [-0.1, -0.05) is 20.8 Å². The molecule has 0 aromatic heterocycles. The van der Waals surface area contributed by atoms with Crippen LogP contribution in [-0.4, -0.2) is 36.3 Å². The average Bonchev–Trinajstić information content (AvgIpc) is 2.59. The smallest absolute Gasteiger partial charge is 0.335 e. The molecule has 1 aliphatic rings. The third kappa shape index (κ3) is 2.53. The molecule has 114 valence electrons. The summed E-state index contributed by atoms with van der Waals surface area (Å²) in [6, 6.07) is 3.55. The van der Waals surface area contributed by atoms with Gasteiger partial charge in [0.25, 0.3) is 15.9 Å². The summed E-state index contributed by atoms with van der Waals surface area (Å²) in [5.74, 6) is -1.82.